The van der Waals surface area contributed by atoms with Gasteiger partial charge in [-0.3, -0.25) is 4.90 Å². The predicted octanol–water partition coefficient (Wildman–Crippen LogP) is 3.87. The fraction of sp³-hybridized carbons (Fsp3) is 0.600. The second-order valence-electron chi connectivity index (χ2n) is 7.10. The third kappa shape index (κ3) is 3.92. The number of unbranched alkanes of at least 4 members (excludes halogenated alkanes) is 1. The van der Waals surface area contributed by atoms with Crippen molar-refractivity contribution >= 4 is 11.8 Å². The van der Waals surface area contributed by atoms with Crippen molar-refractivity contribution in [2.75, 3.05) is 24.6 Å². The number of benzene rings is 1. The highest BCUT2D eigenvalue weighted by atomic mass is 19.1. The highest BCUT2D eigenvalue weighted by Crippen LogP contribution is 2.33. The third-order valence-electron chi connectivity index (χ3n) is 5.32. The molecule has 0 saturated carbocycles. The molecule has 6 heteroatoms. The number of carbonyl (C=O) groups is 1. The molecule has 0 spiro atoms. The van der Waals surface area contributed by atoms with Crippen molar-refractivity contribution < 1.29 is 13.9 Å². The van der Waals surface area contributed by atoms with Gasteiger partial charge in [0.1, 0.15) is 5.82 Å². The summed E-state index contributed by atoms with van der Waals surface area (Å²) >= 11 is 0. The summed E-state index contributed by atoms with van der Waals surface area (Å²) in [6.07, 6.45) is 4.37. The van der Waals surface area contributed by atoms with Gasteiger partial charge in [-0.15, -0.1) is 0 Å². The summed E-state index contributed by atoms with van der Waals surface area (Å²) in [6, 6.07) is 7.56. The van der Waals surface area contributed by atoms with Crippen molar-refractivity contribution in [3.05, 3.63) is 29.6 Å². The number of carbonyl (C=O) groups excluding carboxylic acids is 1. The van der Waals surface area contributed by atoms with Gasteiger partial charge in [0.25, 0.3) is 0 Å². The molecule has 2 aliphatic rings. The SMILES string of the molecule is CCCCOC(=O)N1C2CCC1CN(c1ccc(CCC#N)c(F)c1)C2. The summed E-state index contributed by atoms with van der Waals surface area (Å²) in [5.74, 6) is -0.258. The van der Waals surface area contributed by atoms with E-state index < -0.39 is 0 Å². The molecular formula is C20H26FN3O2. The Labute approximate surface area is 154 Å². The van der Waals surface area contributed by atoms with Crippen LogP contribution in [0.25, 0.3) is 0 Å². The molecule has 3 rings (SSSR count). The van der Waals surface area contributed by atoms with Crippen molar-refractivity contribution in [2.24, 2.45) is 0 Å². The quantitative estimate of drug-likeness (QED) is 0.724. The molecule has 1 aromatic carbocycles. The topological polar surface area (TPSA) is 56.6 Å². The molecular weight excluding hydrogens is 333 g/mol. The first kappa shape index (κ1) is 18.5. The maximum atomic E-state index is 14.3. The number of anilines is 1. The third-order valence-corrected chi connectivity index (χ3v) is 5.32. The maximum absolute atomic E-state index is 14.3. The van der Waals surface area contributed by atoms with Crippen LogP contribution in [0.2, 0.25) is 0 Å². The average Bonchev–Trinajstić information content (AvgIpc) is 2.90. The zero-order valence-electron chi connectivity index (χ0n) is 15.3. The Balaban J connectivity index is 1.64. The van der Waals surface area contributed by atoms with Gasteiger partial charge in [-0.2, -0.15) is 5.26 Å². The van der Waals surface area contributed by atoms with Gasteiger partial charge >= 0.3 is 6.09 Å². The summed E-state index contributed by atoms with van der Waals surface area (Å²) < 4.78 is 19.7. The number of nitriles is 1. The van der Waals surface area contributed by atoms with E-state index in [1.807, 2.05) is 17.0 Å². The Morgan fingerprint density at radius 1 is 1.35 bits per heavy atom. The molecule has 1 aromatic rings. The molecule has 2 fully saturated rings. The summed E-state index contributed by atoms with van der Waals surface area (Å²) in [5.41, 5.74) is 1.43. The normalized spacial score (nSPS) is 21.6. The number of hydrogen-bond acceptors (Lipinski definition) is 4. The van der Waals surface area contributed by atoms with Crippen LogP contribution in [0.3, 0.4) is 0 Å². The standard InChI is InChI=1S/C20H26FN3O2/c1-2-3-11-26-20(25)24-17-8-9-18(24)14-23(13-17)16-7-6-15(5-4-10-22)19(21)12-16/h6-7,12,17-18H,2-5,8-9,11,13-14H2,1H3. The highest BCUT2D eigenvalue weighted by molar-refractivity contribution is 5.70. The van der Waals surface area contributed by atoms with Gasteiger partial charge < -0.3 is 9.64 Å². The van der Waals surface area contributed by atoms with Crippen molar-refractivity contribution in [3.63, 3.8) is 0 Å². The lowest BCUT2D eigenvalue weighted by atomic mass is 10.1. The lowest BCUT2D eigenvalue weighted by Gasteiger charge is -2.41. The van der Waals surface area contributed by atoms with Gasteiger partial charge in [0.05, 0.1) is 24.8 Å². The van der Waals surface area contributed by atoms with E-state index in [0.29, 0.717) is 38.1 Å². The van der Waals surface area contributed by atoms with Crippen molar-refractivity contribution in [2.45, 2.75) is 57.5 Å². The van der Waals surface area contributed by atoms with Gasteiger partial charge in [0.2, 0.25) is 0 Å². The van der Waals surface area contributed by atoms with Crippen LogP contribution in [0.1, 0.15) is 44.6 Å². The van der Waals surface area contributed by atoms with Gasteiger partial charge in [0, 0.05) is 25.2 Å². The van der Waals surface area contributed by atoms with Crippen LogP contribution in [0.4, 0.5) is 14.9 Å². The molecule has 0 aromatic heterocycles. The molecule has 0 N–H and O–H groups in total. The van der Waals surface area contributed by atoms with E-state index in [1.54, 1.807) is 12.1 Å². The van der Waals surface area contributed by atoms with Gasteiger partial charge in [-0.25, -0.2) is 9.18 Å². The molecule has 2 atom stereocenters. The number of piperazine rings is 1. The van der Waals surface area contributed by atoms with Crippen molar-refractivity contribution in [1.29, 1.82) is 5.26 Å². The Morgan fingerprint density at radius 2 is 2.08 bits per heavy atom. The Morgan fingerprint density at radius 3 is 2.69 bits per heavy atom. The number of nitrogens with zero attached hydrogens (tertiary/aromatic N) is 3. The van der Waals surface area contributed by atoms with E-state index in [9.17, 15) is 9.18 Å². The van der Waals surface area contributed by atoms with Gasteiger partial charge in [-0.1, -0.05) is 19.4 Å². The number of ether oxygens (including phenoxy) is 1. The average molecular weight is 359 g/mol. The summed E-state index contributed by atoms with van der Waals surface area (Å²) in [6.45, 7) is 3.96. The van der Waals surface area contributed by atoms with E-state index in [1.165, 1.54) is 0 Å². The molecule has 2 saturated heterocycles. The number of amides is 1. The zero-order chi connectivity index (χ0) is 18.5. The second kappa shape index (κ2) is 8.39. The van der Waals surface area contributed by atoms with Crippen LogP contribution < -0.4 is 4.90 Å². The summed E-state index contributed by atoms with van der Waals surface area (Å²) in [7, 11) is 0. The fourth-order valence-electron chi connectivity index (χ4n) is 3.92. The Hall–Kier alpha value is -2.29. The molecule has 5 nitrogen and oxygen atoms in total. The van der Waals surface area contributed by atoms with E-state index in [2.05, 4.69) is 11.8 Å². The molecule has 26 heavy (non-hydrogen) atoms. The van der Waals surface area contributed by atoms with E-state index >= 15 is 0 Å². The van der Waals surface area contributed by atoms with Crippen LogP contribution >= 0.6 is 0 Å². The molecule has 2 heterocycles. The minimum absolute atomic E-state index is 0.129. The lowest BCUT2D eigenvalue weighted by Crippen LogP contribution is -2.56. The highest BCUT2D eigenvalue weighted by Gasteiger charge is 2.43. The smallest absolute Gasteiger partial charge is 0.410 e. The molecule has 0 aliphatic carbocycles. The van der Waals surface area contributed by atoms with Crippen LogP contribution in [0.15, 0.2) is 18.2 Å². The van der Waals surface area contributed by atoms with E-state index in [-0.39, 0.29) is 24.0 Å². The molecule has 2 bridgehead atoms. The van der Waals surface area contributed by atoms with Gasteiger partial charge in [0.15, 0.2) is 0 Å². The minimum Gasteiger partial charge on any atom is -0.449 e. The monoisotopic (exact) mass is 359 g/mol. The number of aryl methyl sites for hydroxylation is 1. The van der Waals surface area contributed by atoms with Crippen LogP contribution in [0.5, 0.6) is 0 Å². The number of hydrogen-bond donors (Lipinski definition) is 0. The number of fused-ring (bicyclic) bond motifs is 2. The maximum Gasteiger partial charge on any atom is 0.410 e. The van der Waals surface area contributed by atoms with E-state index in [4.69, 9.17) is 10.00 Å². The summed E-state index contributed by atoms with van der Waals surface area (Å²) in [4.78, 5) is 16.4. The first-order chi connectivity index (χ1) is 12.6. The predicted molar refractivity (Wildman–Crippen MR) is 97.5 cm³/mol. The lowest BCUT2D eigenvalue weighted by molar-refractivity contribution is 0.0777. The Bertz CT molecular complexity index is 674. The summed E-state index contributed by atoms with van der Waals surface area (Å²) in [5, 5.41) is 8.66. The second-order valence-corrected chi connectivity index (χ2v) is 7.10. The van der Waals surface area contributed by atoms with Crippen LogP contribution in [0, 0.1) is 17.1 Å². The molecule has 1 amide bonds. The number of rotatable bonds is 6. The Kier molecular flexibility index (Phi) is 5.97. The molecule has 2 unspecified atom stereocenters. The van der Waals surface area contributed by atoms with Gasteiger partial charge in [-0.05, 0) is 43.4 Å². The zero-order valence-corrected chi connectivity index (χ0v) is 15.3. The first-order valence-corrected chi connectivity index (χ1v) is 9.49. The molecule has 0 radical (unpaired) electrons. The largest absolute Gasteiger partial charge is 0.449 e. The minimum atomic E-state index is -0.258. The van der Waals surface area contributed by atoms with Crippen molar-refractivity contribution in [1.82, 2.24) is 4.90 Å². The fourth-order valence-corrected chi connectivity index (χ4v) is 3.92. The van der Waals surface area contributed by atoms with E-state index in [0.717, 1.165) is 31.4 Å². The van der Waals surface area contributed by atoms with Crippen LogP contribution in [-0.4, -0.2) is 42.8 Å². The molecule has 2 aliphatic heterocycles. The first-order valence-electron chi connectivity index (χ1n) is 9.49. The molecule has 140 valence electrons. The number of halogens is 1. The van der Waals surface area contributed by atoms with Crippen molar-refractivity contribution in [3.8, 4) is 6.07 Å². The van der Waals surface area contributed by atoms with Crippen LogP contribution in [-0.2, 0) is 11.2 Å².